The second-order valence-corrected chi connectivity index (χ2v) is 7.02. The summed E-state index contributed by atoms with van der Waals surface area (Å²) in [7, 11) is 0. The van der Waals surface area contributed by atoms with Crippen LogP contribution in [-0.4, -0.2) is 56.3 Å². The van der Waals surface area contributed by atoms with Gasteiger partial charge in [0.15, 0.2) is 0 Å². The molecule has 1 aromatic carbocycles. The Morgan fingerprint density at radius 1 is 1.04 bits per heavy atom. The van der Waals surface area contributed by atoms with Crippen LogP contribution in [0.5, 0.6) is 0 Å². The maximum atomic E-state index is 12.8. The summed E-state index contributed by atoms with van der Waals surface area (Å²) in [6.45, 7) is 4.06. The summed E-state index contributed by atoms with van der Waals surface area (Å²) in [4.78, 5) is 24.8. The number of para-hydroxylation sites is 1. The number of nitrogens with zero attached hydrogens (tertiary/aromatic N) is 4. The Labute approximate surface area is 157 Å². The van der Waals surface area contributed by atoms with Crippen LogP contribution in [0, 0.1) is 0 Å². The number of fused-ring (bicyclic) bond motifs is 2. The molecular weight excluding hydrogens is 338 g/mol. The molecule has 4 heterocycles. The predicted octanol–water partition coefficient (Wildman–Crippen LogP) is 2.77. The van der Waals surface area contributed by atoms with Crippen molar-refractivity contribution in [3.63, 3.8) is 0 Å². The summed E-state index contributed by atoms with van der Waals surface area (Å²) in [6.07, 6.45) is 3.99. The van der Waals surface area contributed by atoms with E-state index in [1.165, 1.54) is 5.69 Å². The third-order valence-electron chi connectivity index (χ3n) is 5.30. The molecule has 136 valence electrons. The quantitative estimate of drug-likeness (QED) is 0.612. The summed E-state index contributed by atoms with van der Waals surface area (Å²) in [5.74, 6) is 0.0839. The fourth-order valence-corrected chi connectivity index (χ4v) is 3.80. The van der Waals surface area contributed by atoms with Crippen LogP contribution >= 0.6 is 0 Å². The molecule has 6 nitrogen and oxygen atoms in total. The van der Waals surface area contributed by atoms with E-state index < -0.39 is 0 Å². The molecule has 1 aliphatic rings. The van der Waals surface area contributed by atoms with Gasteiger partial charge in [-0.25, -0.2) is 4.98 Å². The van der Waals surface area contributed by atoms with E-state index >= 15 is 0 Å². The zero-order valence-corrected chi connectivity index (χ0v) is 15.0. The number of hydrogen-bond donors (Lipinski definition) is 1. The van der Waals surface area contributed by atoms with Crippen LogP contribution in [0.2, 0.25) is 0 Å². The first-order chi connectivity index (χ1) is 13.3. The molecule has 6 heteroatoms. The summed E-state index contributed by atoms with van der Waals surface area (Å²) in [5, 5.41) is 1.08. The number of amides is 1. The van der Waals surface area contributed by atoms with Gasteiger partial charge in [-0.05, 0) is 24.3 Å². The van der Waals surface area contributed by atoms with Gasteiger partial charge in [-0.15, -0.1) is 0 Å². The maximum Gasteiger partial charge on any atom is 0.270 e. The van der Waals surface area contributed by atoms with E-state index in [4.69, 9.17) is 0 Å². The number of imidazole rings is 1. The van der Waals surface area contributed by atoms with Crippen molar-refractivity contribution < 1.29 is 4.79 Å². The van der Waals surface area contributed by atoms with Gasteiger partial charge in [0.1, 0.15) is 11.3 Å². The Hall–Kier alpha value is -3.12. The van der Waals surface area contributed by atoms with Gasteiger partial charge in [0, 0.05) is 49.8 Å². The highest BCUT2D eigenvalue weighted by Crippen LogP contribution is 2.17. The molecule has 4 aromatic rings. The zero-order valence-electron chi connectivity index (χ0n) is 15.0. The van der Waals surface area contributed by atoms with E-state index in [9.17, 15) is 4.79 Å². The first-order valence-electron chi connectivity index (χ1n) is 9.28. The molecule has 3 aromatic heterocycles. The summed E-state index contributed by atoms with van der Waals surface area (Å²) >= 11 is 0. The minimum Gasteiger partial charge on any atom is -0.351 e. The normalized spacial score (nSPS) is 15.6. The second-order valence-electron chi connectivity index (χ2n) is 7.02. The minimum atomic E-state index is 0.0839. The van der Waals surface area contributed by atoms with E-state index in [0.29, 0.717) is 5.69 Å². The highest BCUT2D eigenvalue weighted by molar-refractivity contribution is 5.98. The first kappa shape index (κ1) is 16.1. The topological polar surface area (TPSA) is 56.6 Å². The molecule has 0 saturated carbocycles. The van der Waals surface area contributed by atoms with Gasteiger partial charge in [0.25, 0.3) is 5.91 Å². The Kier molecular flexibility index (Phi) is 3.90. The van der Waals surface area contributed by atoms with E-state index in [1.807, 2.05) is 65.8 Å². The van der Waals surface area contributed by atoms with Crippen LogP contribution in [0.3, 0.4) is 0 Å². The van der Waals surface area contributed by atoms with Gasteiger partial charge in [0.2, 0.25) is 0 Å². The molecule has 0 radical (unpaired) electrons. The fourth-order valence-electron chi connectivity index (χ4n) is 3.80. The lowest BCUT2D eigenvalue weighted by Gasteiger charge is -2.34. The molecule has 0 unspecified atom stereocenters. The Morgan fingerprint density at radius 3 is 2.70 bits per heavy atom. The number of nitrogens with one attached hydrogen (secondary N) is 1. The van der Waals surface area contributed by atoms with Crippen LogP contribution in [0.4, 0.5) is 0 Å². The SMILES string of the molecule is O=C(c1cc2ccccc2[nH]1)N1CCN(Cc2cnc3ccccn23)CC1. The van der Waals surface area contributed by atoms with Gasteiger partial charge in [-0.2, -0.15) is 0 Å². The largest absolute Gasteiger partial charge is 0.351 e. The monoisotopic (exact) mass is 359 g/mol. The van der Waals surface area contributed by atoms with Crippen molar-refractivity contribution in [1.29, 1.82) is 0 Å². The minimum absolute atomic E-state index is 0.0839. The van der Waals surface area contributed by atoms with Crippen molar-refractivity contribution in [2.45, 2.75) is 6.54 Å². The third-order valence-corrected chi connectivity index (χ3v) is 5.30. The number of benzene rings is 1. The van der Waals surface area contributed by atoms with Crippen molar-refractivity contribution in [3.8, 4) is 0 Å². The Morgan fingerprint density at radius 2 is 1.85 bits per heavy atom. The number of rotatable bonds is 3. The maximum absolute atomic E-state index is 12.8. The Balaban J connectivity index is 1.25. The number of carbonyl (C=O) groups excluding carboxylic acids is 1. The van der Waals surface area contributed by atoms with Gasteiger partial charge in [-0.1, -0.05) is 24.3 Å². The number of H-pyrrole nitrogens is 1. The summed E-state index contributed by atoms with van der Waals surface area (Å²) < 4.78 is 2.13. The van der Waals surface area contributed by atoms with E-state index in [-0.39, 0.29) is 5.91 Å². The van der Waals surface area contributed by atoms with Crippen molar-refractivity contribution in [2.75, 3.05) is 26.2 Å². The fraction of sp³-hybridized carbons (Fsp3) is 0.238. The van der Waals surface area contributed by atoms with Gasteiger partial charge in [-0.3, -0.25) is 9.69 Å². The lowest BCUT2D eigenvalue weighted by molar-refractivity contribution is 0.0622. The molecule has 5 rings (SSSR count). The van der Waals surface area contributed by atoms with Crippen LogP contribution in [0.1, 0.15) is 16.2 Å². The molecule has 0 aliphatic carbocycles. The molecule has 1 amide bonds. The predicted molar refractivity (Wildman–Crippen MR) is 105 cm³/mol. The third kappa shape index (κ3) is 2.98. The zero-order chi connectivity index (χ0) is 18.2. The van der Waals surface area contributed by atoms with Crippen LogP contribution in [-0.2, 0) is 6.54 Å². The molecule has 1 saturated heterocycles. The van der Waals surface area contributed by atoms with E-state index in [1.54, 1.807) is 0 Å². The molecule has 0 spiro atoms. The molecule has 1 fully saturated rings. The first-order valence-corrected chi connectivity index (χ1v) is 9.28. The number of piperazine rings is 1. The van der Waals surface area contributed by atoms with Gasteiger partial charge >= 0.3 is 0 Å². The van der Waals surface area contributed by atoms with Crippen LogP contribution in [0.15, 0.2) is 60.9 Å². The smallest absolute Gasteiger partial charge is 0.270 e. The molecule has 0 atom stereocenters. The number of carbonyl (C=O) groups is 1. The number of aromatic nitrogens is 3. The molecule has 27 heavy (non-hydrogen) atoms. The van der Waals surface area contributed by atoms with Gasteiger partial charge in [0.05, 0.1) is 11.9 Å². The van der Waals surface area contributed by atoms with Crippen LogP contribution in [0.25, 0.3) is 16.6 Å². The van der Waals surface area contributed by atoms with Crippen molar-refractivity contribution in [1.82, 2.24) is 24.2 Å². The number of pyridine rings is 1. The van der Waals surface area contributed by atoms with Crippen molar-refractivity contribution in [3.05, 3.63) is 72.3 Å². The van der Waals surface area contributed by atoms with Crippen LogP contribution < -0.4 is 0 Å². The van der Waals surface area contributed by atoms with E-state index in [2.05, 4.69) is 19.3 Å². The molecular formula is C21H21N5O. The molecule has 1 N–H and O–H groups in total. The second kappa shape index (κ2) is 6.55. The number of hydrogen-bond acceptors (Lipinski definition) is 3. The molecule has 1 aliphatic heterocycles. The molecule has 0 bridgehead atoms. The highest BCUT2D eigenvalue weighted by Gasteiger charge is 2.23. The lowest BCUT2D eigenvalue weighted by atomic mass is 10.2. The highest BCUT2D eigenvalue weighted by atomic mass is 16.2. The van der Waals surface area contributed by atoms with Crippen molar-refractivity contribution in [2.24, 2.45) is 0 Å². The standard InChI is InChI=1S/C21H21N5O/c27-21(19-13-16-5-1-2-6-18(16)23-19)25-11-9-24(10-12-25)15-17-14-22-20-7-3-4-8-26(17)20/h1-8,13-14,23H,9-12,15H2. The lowest BCUT2D eigenvalue weighted by Crippen LogP contribution is -2.48. The average Bonchev–Trinajstić information content (AvgIpc) is 3.32. The van der Waals surface area contributed by atoms with Crippen molar-refractivity contribution >= 4 is 22.5 Å². The van der Waals surface area contributed by atoms with Gasteiger partial charge < -0.3 is 14.3 Å². The number of aromatic amines is 1. The Bertz CT molecular complexity index is 1070. The summed E-state index contributed by atoms with van der Waals surface area (Å²) in [5.41, 5.74) is 3.83. The van der Waals surface area contributed by atoms with E-state index in [0.717, 1.165) is 49.3 Å². The summed E-state index contributed by atoms with van der Waals surface area (Å²) in [6, 6.07) is 16.0. The average molecular weight is 359 g/mol.